The molecule has 17 heteroatoms. The fourth-order valence-electron chi connectivity index (χ4n) is 9.23. The number of hydrogen-bond donors (Lipinski definition) is 2. The summed E-state index contributed by atoms with van der Waals surface area (Å²) in [6, 6.07) is 6.59. The van der Waals surface area contributed by atoms with E-state index in [1.165, 1.54) is 13.3 Å². The number of likely N-dealkylation sites (N-methyl/N-ethyl adjacent to an activating group) is 1. The van der Waals surface area contributed by atoms with E-state index in [0.717, 1.165) is 0 Å². The summed E-state index contributed by atoms with van der Waals surface area (Å²) >= 11 is 0. The van der Waals surface area contributed by atoms with Gasteiger partial charge in [0.15, 0.2) is 24.6 Å². The molecule has 0 aliphatic carbocycles. The third kappa shape index (κ3) is 11.6. The van der Waals surface area contributed by atoms with Crippen molar-refractivity contribution in [3.8, 4) is 11.8 Å². The number of hydrogen-bond acceptors (Lipinski definition) is 17. The van der Waals surface area contributed by atoms with Crippen molar-refractivity contribution in [2.45, 2.75) is 141 Å². The van der Waals surface area contributed by atoms with Crippen LogP contribution in [-0.2, 0) is 54.0 Å². The Balaban J connectivity index is 1.63. The maximum Gasteiger partial charge on any atom is 0.509 e. The van der Waals surface area contributed by atoms with Gasteiger partial charge in [-0.3, -0.25) is 19.6 Å². The Morgan fingerprint density at radius 3 is 2.49 bits per heavy atom. The summed E-state index contributed by atoms with van der Waals surface area (Å²) < 4.78 is 44.0. The van der Waals surface area contributed by atoms with Crippen molar-refractivity contribution in [3.05, 3.63) is 54.1 Å². The molecule has 2 aromatic heterocycles. The lowest BCUT2D eigenvalue weighted by molar-refractivity contribution is -0.301. The highest BCUT2D eigenvalue weighted by molar-refractivity contribution is 5.89. The molecule has 3 saturated heterocycles. The molecule has 14 atom stereocenters. The minimum Gasteiger partial charge on any atom is -0.461 e. The van der Waals surface area contributed by atoms with Gasteiger partial charge in [0.05, 0.1) is 47.2 Å². The third-order valence-corrected chi connectivity index (χ3v) is 12.6. The highest BCUT2D eigenvalue weighted by Crippen LogP contribution is 2.43. The number of methoxy groups -OCH3 is 1. The van der Waals surface area contributed by atoms with Gasteiger partial charge in [0.1, 0.15) is 18.3 Å². The molecular formula is C46H65N5O12. The average molecular weight is 880 g/mol. The van der Waals surface area contributed by atoms with Crippen LogP contribution < -0.4 is 5.73 Å². The molecule has 0 radical (unpaired) electrons. The second kappa shape index (κ2) is 21.2. The Kier molecular flexibility index (Phi) is 16.6. The molecule has 5 heterocycles. The summed E-state index contributed by atoms with van der Waals surface area (Å²) in [4.78, 5) is 57.6. The van der Waals surface area contributed by atoms with Crippen LogP contribution in [0.4, 0.5) is 10.5 Å². The van der Waals surface area contributed by atoms with E-state index in [2.05, 4.69) is 27.0 Å². The van der Waals surface area contributed by atoms with Gasteiger partial charge >= 0.3 is 18.1 Å². The van der Waals surface area contributed by atoms with E-state index in [0.29, 0.717) is 29.1 Å². The molecule has 3 aliphatic heterocycles. The zero-order valence-electron chi connectivity index (χ0n) is 38.3. The molecular weight excluding hydrogens is 815 g/mol. The van der Waals surface area contributed by atoms with E-state index < -0.39 is 89.8 Å². The lowest BCUT2D eigenvalue weighted by Gasteiger charge is -2.48. The van der Waals surface area contributed by atoms with Crippen molar-refractivity contribution >= 4 is 29.5 Å². The van der Waals surface area contributed by atoms with E-state index in [1.807, 2.05) is 46.7 Å². The fraction of sp³-hybridized carbons (Fsp3) is 0.652. The Bertz CT molecular complexity index is 1980. The van der Waals surface area contributed by atoms with Crippen molar-refractivity contribution in [3.63, 3.8) is 0 Å². The number of cyclic esters (lactones) is 1. The number of anilines is 1. The number of aliphatic hydroxyl groups excluding tert-OH is 1. The first-order valence-electron chi connectivity index (χ1n) is 21.6. The molecule has 3 aliphatic rings. The number of nitrogen functional groups attached to an aromatic ring is 1. The van der Waals surface area contributed by atoms with E-state index >= 15 is 0 Å². The molecule has 0 aromatic carbocycles. The van der Waals surface area contributed by atoms with Gasteiger partial charge in [0.25, 0.3) is 0 Å². The molecule has 17 nitrogen and oxygen atoms in total. The number of ether oxygens (including phenoxy) is 7. The molecule has 0 amide bonds. The van der Waals surface area contributed by atoms with Crippen molar-refractivity contribution < 1.29 is 57.5 Å². The van der Waals surface area contributed by atoms with Gasteiger partial charge in [-0.05, 0) is 79.3 Å². The molecule has 0 spiro atoms. The number of carbonyl (C=O) groups is 3. The molecule has 0 saturated carbocycles. The predicted molar refractivity (Wildman–Crippen MR) is 231 cm³/mol. The van der Waals surface area contributed by atoms with Crippen LogP contribution in [0.2, 0.25) is 0 Å². The van der Waals surface area contributed by atoms with Gasteiger partial charge in [-0.25, -0.2) is 4.79 Å². The van der Waals surface area contributed by atoms with Crippen LogP contribution in [0.1, 0.15) is 85.9 Å². The van der Waals surface area contributed by atoms with Crippen LogP contribution in [0.5, 0.6) is 0 Å². The number of carbonyl (C=O) groups excluding carboxylic acids is 3. The maximum absolute atomic E-state index is 14.5. The molecule has 0 unspecified atom stereocenters. The molecule has 0 bridgehead atoms. The largest absolute Gasteiger partial charge is 0.509 e. The Hall–Kier alpha value is -4.86. The third-order valence-electron chi connectivity index (χ3n) is 12.6. The maximum atomic E-state index is 14.5. The van der Waals surface area contributed by atoms with Gasteiger partial charge in [-0.1, -0.05) is 50.8 Å². The highest BCUT2D eigenvalue weighted by Gasteiger charge is 2.59. The number of esters is 2. The summed E-state index contributed by atoms with van der Waals surface area (Å²) in [5, 5.41) is 16.4. The zero-order valence-corrected chi connectivity index (χ0v) is 38.3. The number of aliphatic hydroxyl groups is 1. The number of fused-ring (bicyclic) bond motifs is 1. The molecule has 3 fully saturated rings. The van der Waals surface area contributed by atoms with E-state index in [1.54, 1.807) is 64.4 Å². The van der Waals surface area contributed by atoms with Crippen LogP contribution in [0.15, 0.2) is 48.0 Å². The number of nitrogens with two attached hydrogens (primary N) is 1. The van der Waals surface area contributed by atoms with Crippen LogP contribution in [0, 0.1) is 35.5 Å². The van der Waals surface area contributed by atoms with Crippen LogP contribution >= 0.6 is 0 Å². The Labute approximate surface area is 370 Å². The number of rotatable bonds is 10. The molecule has 63 heavy (non-hydrogen) atoms. The van der Waals surface area contributed by atoms with Crippen molar-refractivity contribution in [1.82, 2.24) is 14.9 Å². The quantitative estimate of drug-likeness (QED) is 0.109. The van der Waals surface area contributed by atoms with E-state index in [9.17, 15) is 19.5 Å². The molecule has 3 N–H and O–H groups in total. The number of nitrogens with zero attached hydrogens (tertiary/aromatic N) is 4. The first-order valence-corrected chi connectivity index (χ1v) is 21.6. The summed E-state index contributed by atoms with van der Waals surface area (Å²) in [5.74, 6) is 1.49. The molecule has 346 valence electrons. The second-order valence-electron chi connectivity index (χ2n) is 17.6. The molecule has 2 aromatic rings. The topological polar surface area (TPSA) is 213 Å². The summed E-state index contributed by atoms with van der Waals surface area (Å²) in [7, 11) is 5.30. The normalized spacial score (nSPS) is 35.9. The number of oxime groups is 1. The smallest absolute Gasteiger partial charge is 0.461 e. The monoisotopic (exact) mass is 879 g/mol. The van der Waals surface area contributed by atoms with E-state index in [-0.39, 0.29) is 38.0 Å². The SMILES string of the molecule is CC[C@H]1OC(=O)[C@H](C)[C@@H](OC(=O)Cc2ccccn2)[C@H](C)[C@@H](O[C@@H]2O[C@H](C)C[C@H](N(C)C)[C@H]2O)[C@](C)(OC)C[C@@H](C)/C(=N\OCC#Cc2cncc(N)c2)[C@H](C)[C@H]2OC(=O)O[C@@]21C. The second-order valence-corrected chi connectivity index (χ2v) is 17.6. The van der Waals surface area contributed by atoms with Gasteiger partial charge < -0.3 is 53.7 Å². The minimum atomic E-state index is -1.48. The standard InChI is InChI=1S/C46H65N5O12/c1-12-35-46(8)41(62-44(55)63-46)28(4)37(50-57-19-15-16-31-21-32(47)25-48-24-31)26(2)23-45(7,56-11)40(61-43-38(53)34(51(9)10)20-27(3)58-43)29(5)39(30(6)42(54)59-35)60-36(52)22-33-17-13-14-18-49-33/h13-14,17-18,21,24-30,34-35,38-41,43,53H,12,19-20,22-23,47H2,1-11H3/b50-37+/t26-,27-,28+,29+,30-,34+,35-,38-,39+,40-,41-,43+,45-,46-/m1/s1. The minimum absolute atomic E-state index is 0.110. The lowest BCUT2D eigenvalue weighted by Crippen LogP contribution is -2.60. The van der Waals surface area contributed by atoms with Crippen molar-refractivity contribution in [2.75, 3.05) is 33.5 Å². The number of aromatic nitrogens is 2. The average Bonchev–Trinajstić information content (AvgIpc) is 3.56. The summed E-state index contributed by atoms with van der Waals surface area (Å²) in [5.41, 5.74) is 5.13. The Morgan fingerprint density at radius 1 is 1.10 bits per heavy atom. The highest BCUT2D eigenvalue weighted by atomic mass is 16.8. The van der Waals surface area contributed by atoms with Gasteiger partial charge in [-0.15, -0.1) is 0 Å². The van der Waals surface area contributed by atoms with Crippen LogP contribution in [0.3, 0.4) is 0 Å². The van der Waals surface area contributed by atoms with Gasteiger partial charge in [-0.2, -0.15) is 0 Å². The predicted octanol–water partition coefficient (Wildman–Crippen LogP) is 4.72. The summed E-state index contributed by atoms with van der Waals surface area (Å²) in [6.45, 7) is 14.3. The fourth-order valence-corrected chi connectivity index (χ4v) is 9.23. The van der Waals surface area contributed by atoms with Crippen LogP contribution in [-0.4, -0.2) is 132 Å². The molecule has 5 rings (SSSR count). The Morgan fingerprint density at radius 2 is 1.84 bits per heavy atom. The van der Waals surface area contributed by atoms with Gasteiger partial charge in [0, 0.05) is 55.1 Å². The van der Waals surface area contributed by atoms with Crippen LogP contribution in [0.25, 0.3) is 0 Å². The zero-order chi connectivity index (χ0) is 46.2. The lowest BCUT2D eigenvalue weighted by atomic mass is 9.73. The first-order chi connectivity index (χ1) is 29.8. The van der Waals surface area contributed by atoms with Gasteiger partial charge in [0.2, 0.25) is 0 Å². The number of pyridine rings is 2. The van der Waals surface area contributed by atoms with Crippen molar-refractivity contribution in [2.24, 2.45) is 28.8 Å². The first kappa shape index (κ1) is 49.2. The van der Waals surface area contributed by atoms with Crippen molar-refractivity contribution in [1.29, 1.82) is 0 Å². The van der Waals surface area contributed by atoms with E-state index in [4.69, 9.17) is 43.7 Å². The summed E-state index contributed by atoms with van der Waals surface area (Å²) in [6.07, 6.45) is -2.17.